The summed E-state index contributed by atoms with van der Waals surface area (Å²) in [6.45, 7) is 5.22. The zero-order valence-electron chi connectivity index (χ0n) is 15.7. The maximum absolute atomic E-state index is 12.9. The Morgan fingerprint density at radius 2 is 1.89 bits per heavy atom. The fraction of sp³-hybridized carbons (Fsp3) is 0.333. The van der Waals surface area contributed by atoms with Gasteiger partial charge in [0.1, 0.15) is 0 Å². The highest BCUT2D eigenvalue weighted by Crippen LogP contribution is 2.26. The summed E-state index contributed by atoms with van der Waals surface area (Å²) in [6, 6.07) is 14.5. The number of nitrogens with one attached hydrogen (secondary N) is 2. The highest BCUT2D eigenvalue weighted by Gasteiger charge is 2.32. The van der Waals surface area contributed by atoms with Gasteiger partial charge in [-0.05, 0) is 62.6 Å². The van der Waals surface area contributed by atoms with Crippen LogP contribution < -0.4 is 16.4 Å². The molecular formula is C21H26N4O2. The molecule has 6 nitrogen and oxygen atoms in total. The fourth-order valence-corrected chi connectivity index (χ4v) is 3.46. The van der Waals surface area contributed by atoms with E-state index >= 15 is 0 Å². The van der Waals surface area contributed by atoms with Crippen molar-refractivity contribution in [2.24, 2.45) is 11.7 Å². The van der Waals surface area contributed by atoms with Crippen molar-refractivity contribution in [1.82, 2.24) is 4.90 Å². The van der Waals surface area contributed by atoms with Crippen LogP contribution in [0.25, 0.3) is 0 Å². The number of hydrogen-bond acceptors (Lipinski definition) is 3. The molecule has 0 saturated carbocycles. The van der Waals surface area contributed by atoms with E-state index in [0.717, 1.165) is 12.0 Å². The van der Waals surface area contributed by atoms with Crippen molar-refractivity contribution in [1.29, 1.82) is 0 Å². The number of aryl methyl sites for hydroxylation is 1. The predicted octanol–water partition coefficient (Wildman–Crippen LogP) is 3.45. The number of nitrogens with zero attached hydrogens (tertiary/aromatic N) is 1. The Balaban J connectivity index is 1.72. The number of anilines is 2. The van der Waals surface area contributed by atoms with Crippen LogP contribution in [-0.4, -0.2) is 36.0 Å². The lowest BCUT2D eigenvalue weighted by molar-refractivity contribution is 0.0743. The number of likely N-dealkylation sites (tertiary alicyclic amines) is 1. The van der Waals surface area contributed by atoms with Crippen LogP contribution in [0.4, 0.5) is 16.2 Å². The van der Waals surface area contributed by atoms with Crippen LogP contribution in [0.3, 0.4) is 0 Å². The Hall–Kier alpha value is -2.86. The molecule has 2 aromatic carbocycles. The van der Waals surface area contributed by atoms with Gasteiger partial charge in [0.25, 0.3) is 5.91 Å². The molecule has 3 rings (SSSR count). The minimum absolute atomic E-state index is 0.0232. The summed E-state index contributed by atoms with van der Waals surface area (Å²) in [7, 11) is 0. The lowest BCUT2D eigenvalue weighted by atomic mass is 10.1. The first-order chi connectivity index (χ1) is 13.0. The summed E-state index contributed by atoms with van der Waals surface area (Å²) >= 11 is 0. The molecule has 2 aromatic rings. The standard InChI is InChI=1S/C21H26N4O2/c1-14-8-9-17(20(26)25-13-16(12-22)10-15(25)2)11-19(14)24-21(27)23-18-6-4-3-5-7-18/h3-9,11,15-16H,10,12-13,22H2,1-2H3,(H2,23,24,27). The van der Waals surface area contributed by atoms with Crippen molar-refractivity contribution in [2.75, 3.05) is 23.7 Å². The van der Waals surface area contributed by atoms with Gasteiger partial charge >= 0.3 is 6.03 Å². The molecule has 0 aromatic heterocycles. The molecule has 0 radical (unpaired) electrons. The lowest BCUT2D eigenvalue weighted by Gasteiger charge is -2.22. The maximum atomic E-state index is 12.9. The molecule has 6 heteroatoms. The summed E-state index contributed by atoms with van der Waals surface area (Å²) in [6.07, 6.45) is 0.929. The van der Waals surface area contributed by atoms with Gasteiger partial charge in [0.2, 0.25) is 0 Å². The third-order valence-corrected chi connectivity index (χ3v) is 5.02. The third kappa shape index (κ3) is 4.46. The maximum Gasteiger partial charge on any atom is 0.323 e. The van der Waals surface area contributed by atoms with E-state index in [0.29, 0.717) is 35.9 Å². The SMILES string of the molecule is Cc1ccc(C(=O)N2CC(CN)CC2C)cc1NC(=O)Nc1ccccc1. The molecule has 3 amide bonds. The number of para-hydroxylation sites is 1. The van der Waals surface area contributed by atoms with E-state index in [2.05, 4.69) is 10.6 Å². The van der Waals surface area contributed by atoms with E-state index in [1.165, 1.54) is 0 Å². The molecule has 2 atom stereocenters. The second kappa shape index (κ2) is 8.22. The average Bonchev–Trinajstić information content (AvgIpc) is 3.04. The number of nitrogens with two attached hydrogens (primary N) is 1. The zero-order valence-corrected chi connectivity index (χ0v) is 15.7. The van der Waals surface area contributed by atoms with Gasteiger partial charge < -0.3 is 21.3 Å². The second-order valence-corrected chi connectivity index (χ2v) is 7.12. The minimum Gasteiger partial charge on any atom is -0.336 e. The van der Waals surface area contributed by atoms with Crippen molar-refractivity contribution in [3.05, 3.63) is 59.7 Å². The van der Waals surface area contributed by atoms with Gasteiger partial charge in [-0.25, -0.2) is 4.79 Å². The van der Waals surface area contributed by atoms with Crippen molar-refractivity contribution in [3.63, 3.8) is 0 Å². The first-order valence-electron chi connectivity index (χ1n) is 9.22. The molecule has 1 fully saturated rings. The van der Waals surface area contributed by atoms with Gasteiger partial charge in [0, 0.05) is 29.5 Å². The molecule has 27 heavy (non-hydrogen) atoms. The Morgan fingerprint density at radius 1 is 1.15 bits per heavy atom. The van der Waals surface area contributed by atoms with E-state index in [9.17, 15) is 9.59 Å². The molecule has 1 saturated heterocycles. The summed E-state index contributed by atoms with van der Waals surface area (Å²) in [5, 5.41) is 5.62. The summed E-state index contributed by atoms with van der Waals surface area (Å²) in [5.74, 6) is 0.327. The number of benzene rings is 2. The summed E-state index contributed by atoms with van der Waals surface area (Å²) in [4.78, 5) is 27.1. The van der Waals surface area contributed by atoms with E-state index in [1.807, 2.05) is 55.1 Å². The highest BCUT2D eigenvalue weighted by molar-refractivity contribution is 6.02. The van der Waals surface area contributed by atoms with Gasteiger partial charge in [0.05, 0.1) is 0 Å². The predicted molar refractivity (Wildman–Crippen MR) is 108 cm³/mol. The Bertz CT molecular complexity index is 822. The minimum atomic E-state index is -0.341. The van der Waals surface area contributed by atoms with Crippen molar-refractivity contribution in [3.8, 4) is 0 Å². The van der Waals surface area contributed by atoms with Gasteiger partial charge in [-0.2, -0.15) is 0 Å². The number of amides is 3. The average molecular weight is 366 g/mol. The fourth-order valence-electron chi connectivity index (χ4n) is 3.46. The first kappa shape index (κ1) is 18.9. The van der Waals surface area contributed by atoms with Gasteiger partial charge in [-0.3, -0.25) is 4.79 Å². The first-order valence-corrected chi connectivity index (χ1v) is 9.22. The number of urea groups is 1. The topological polar surface area (TPSA) is 87.5 Å². The van der Waals surface area contributed by atoms with Crippen LogP contribution >= 0.6 is 0 Å². The van der Waals surface area contributed by atoms with Crippen LogP contribution in [0, 0.1) is 12.8 Å². The van der Waals surface area contributed by atoms with Crippen LogP contribution in [0.15, 0.2) is 48.5 Å². The molecule has 2 unspecified atom stereocenters. The Labute approximate surface area is 159 Å². The third-order valence-electron chi connectivity index (χ3n) is 5.02. The molecule has 4 N–H and O–H groups in total. The van der Waals surface area contributed by atoms with Gasteiger partial charge in [-0.1, -0.05) is 24.3 Å². The van der Waals surface area contributed by atoms with Crippen molar-refractivity contribution >= 4 is 23.3 Å². The van der Waals surface area contributed by atoms with E-state index in [1.54, 1.807) is 12.1 Å². The molecule has 1 heterocycles. The normalized spacial score (nSPS) is 19.0. The van der Waals surface area contributed by atoms with Crippen molar-refractivity contribution in [2.45, 2.75) is 26.3 Å². The summed E-state index contributed by atoms with van der Waals surface area (Å²) < 4.78 is 0. The second-order valence-electron chi connectivity index (χ2n) is 7.12. The number of carbonyl (C=O) groups is 2. The largest absolute Gasteiger partial charge is 0.336 e. The van der Waals surface area contributed by atoms with Crippen LogP contribution in [0.1, 0.15) is 29.3 Å². The molecule has 142 valence electrons. The van der Waals surface area contributed by atoms with Gasteiger partial charge in [0.15, 0.2) is 0 Å². The smallest absolute Gasteiger partial charge is 0.323 e. The van der Waals surface area contributed by atoms with Crippen LogP contribution in [0.5, 0.6) is 0 Å². The van der Waals surface area contributed by atoms with Gasteiger partial charge in [-0.15, -0.1) is 0 Å². The quantitative estimate of drug-likeness (QED) is 0.774. The molecule has 0 bridgehead atoms. The monoisotopic (exact) mass is 366 g/mol. The Kier molecular flexibility index (Phi) is 5.76. The van der Waals surface area contributed by atoms with E-state index < -0.39 is 0 Å². The Morgan fingerprint density at radius 3 is 2.56 bits per heavy atom. The zero-order chi connectivity index (χ0) is 19.4. The van der Waals surface area contributed by atoms with E-state index in [-0.39, 0.29) is 18.0 Å². The highest BCUT2D eigenvalue weighted by atomic mass is 16.2. The van der Waals surface area contributed by atoms with Crippen LogP contribution in [0.2, 0.25) is 0 Å². The lowest BCUT2D eigenvalue weighted by Crippen LogP contribution is -2.34. The number of carbonyl (C=O) groups excluding carboxylic acids is 2. The van der Waals surface area contributed by atoms with Crippen LogP contribution in [-0.2, 0) is 0 Å². The molecule has 1 aliphatic rings. The molecule has 0 aliphatic carbocycles. The molecule has 0 spiro atoms. The number of rotatable bonds is 4. The number of hydrogen-bond donors (Lipinski definition) is 3. The van der Waals surface area contributed by atoms with E-state index in [4.69, 9.17) is 5.73 Å². The molecule has 1 aliphatic heterocycles. The summed E-state index contributed by atoms with van der Waals surface area (Å²) in [5.41, 5.74) is 8.56. The van der Waals surface area contributed by atoms with Crippen molar-refractivity contribution < 1.29 is 9.59 Å². The molecular weight excluding hydrogens is 340 g/mol.